The van der Waals surface area contributed by atoms with Crippen LogP contribution >= 0.6 is 0 Å². The number of nitrogens with zero attached hydrogens (tertiary/aromatic N) is 3. The van der Waals surface area contributed by atoms with Gasteiger partial charge >= 0.3 is 0 Å². The lowest BCUT2D eigenvalue weighted by Crippen LogP contribution is -2.44. The lowest BCUT2D eigenvalue weighted by atomic mass is 10.2. The van der Waals surface area contributed by atoms with Gasteiger partial charge in [0.2, 0.25) is 11.8 Å². The van der Waals surface area contributed by atoms with Crippen molar-refractivity contribution in [3.05, 3.63) is 24.0 Å². The van der Waals surface area contributed by atoms with E-state index < -0.39 is 6.04 Å². The monoisotopic (exact) mass is 248 g/mol. The molecule has 6 nitrogen and oxygen atoms in total. The van der Waals surface area contributed by atoms with Crippen LogP contribution in [0.25, 0.3) is 0 Å². The highest BCUT2D eigenvalue weighted by atomic mass is 16.2. The number of hydrogen-bond acceptors (Lipinski definition) is 4. The Balaban J connectivity index is 2.11. The SMILES string of the molecule is CCC1NC(=O)CCN(Cc2cccnn2)C1=O. The summed E-state index contributed by atoms with van der Waals surface area (Å²) in [6.45, 7) is 2.71. The van der Waals surface area contributed by atoms with Crippen LogP contribution in [0.4, 0.5) is 0 Å². The van der Waals surface area contributed by atoms with Gasteiger partial charge in [-0.1, -0.05) is 6.92 Å². The molecular weight excluding hydrogens is 232 g/mol. The fraction of sp³-hybridized carbons (Fsp3) is 0.500. The molecule has 18 heavy (non-hydrogen) atoms. The van der Waals surface area contributed by atoms with Crippen LogP contribution in [0.3, 0.4) is 0 Å². The van der Waals surface area contributed by atoms with Crippen molar-refractivity contribution < 1.29 is 9.59 Å². The maximum Gasteiger partial charge on any atom is 0.245 e. The van der Waals surface area contributed by atoms with Crippen LogP contribution in [-0.4, -0.2) is 39.5 Å². The van der Waals surface area contributed by atoms with Crippen molar-refractivity contribution in [1.82, 2.24) is 20.4 Å². The van der Waals surface area contributed by atoms with Gasteiger partial charge in [-0.3, -0.25) is 9.59 Å². The third-order valence-electron chi connectivity index (χ3n) is 2.94. The largest absolute Gasteiger partial charge is 0.344 e. The molecule has 1 atom stereocenters. The number of aromatic nitrogens is 2. The third-order valence-corrected chi connectivity index (χ3v) is 2.94. The van der Waals surface area contributed by atoms with Crippen molar-refractivity contribution in [2.45, 2.75) is 32.4 Å². The fourth-order valence-electron chi connectivity index (χ4n) is 1.94. The van der Waals surface area contributed by atoms with Gasteiger partial charge in [-0.05, 0) is 18.6 Å². The van der Waals surface area contributed by atoms with Gasteiger partial charge in [0, 0.05) is 19.2 Å². The van der Waals surface area contributed by atoms with Gasteiger partial charge in [0.25, 0.3) is 0 Å². The molecule has 1 aliphatic rings. The van der Waals surface area contributed by atoms with E-state index in [1.165, 1.54) is 0 Å². The molecule has 0 bridgehead atoms. The first-order valence-electron chi connectivity index (χ1n) is 6.05. The second-order valence-electron chi connectivity index (χ2n) is 4.25. The van der Waals surface area contributed by atoms with Crippen molar-refractivity contribution in [3.8, 4) is 0 Å². The van der Waals surface area contributed by atoms with Crippen molar-refractivity contribution in [2.24, 2.45) is 0 Å². The molecule has 0 radical (unpaired) electrons. The van der Waals surface area contributed by atoms with Gasteiger partial charge in [-0.15, -0.1) is 0 Å². The number of amides is 2. The predicted molar refractivity (Wildman–Crippen MR) is 64.3 cm³/mol. The molecule has 1 fully saturated rings. The highest BCUT2D eigenvalue weighted by molar-refractivity contribution is 5.89. The Morgan fingerprint density at radius 1 is 1.50 bits per heavy atom. The highest BCUT2D eigenvalue weighted by Crippen LogP contribution is 2.09. The zero-order valence-corrected chi connectivity index (χ0v) is 10.3. The van der Waals surface area contributed by atoms with E-state index in [-0.39, 0.29) is 11.8 Å². The van der Waals surface area contributed by atoms with E-state index in [1.54, 1.807) is 17.2 Å². The van der Waals surface area contributed by atoms with Gasteiger partial charge in [0.05, 0.1) is 12.2 Å². The van der Waals surface area contributed by atoms with Crippen molar-refractivity contribution in [1.29, 1.82) is 0 Å². The smallest absolute Gasteiger partial charge is 0.245 e. The molecule has 1 aromatic rings. The average Bonchev–Trinajstić information content (AvgIpc) is 2.53. The fourth-order valence-corrected chi connectivity index (χ4v) is 1.94. The minimum absolute atomic E-state index is 0.0472. The lowest BCUT2D eigenvalue weighted by Gasteiger charge is -2.22. The molecule has 1 aromatic heterocycles. The number of nitrogens with one attached hydrogen (secondary N) is 1. The molecule has 1 N–H and O–H groups in total. The van der Waals surface area contributed by atoms with E-state index in [4.69, 9.17) is 0 Å². The summed E-state index contributed by atoms with van der Waals surface area (Å²) in [6.07, 6.45) is 2.53. The maximum absolute atomic E-state index is 12.2. The Labute approximate surface area is 105 Å². The summed E-state index contributed by atoms with van der Waals surface area (Å²) in [5.74, 6) is -0.120. The molecule has 0 aliphatic carbocycles. The third kappa shape index (κ3) is 2.82. The van der Waals surface area contributed by atoms with Gasteiger partial charge in [-0.25, -0.2) is 0 Å². The van der Waals surface area contributed by atoms with E-state index in [0.29, 0.717) is 25.9 Å². The van der Waals surface area contributed by atoms with Crippen molar-refractivity contribution >= 4 is 11.8 Å². The maximum atomic E-state index is 12.2. The molecule has 0 spiro atoms. The Morgan fingerprint density at radius 2 is 2.33 bits per heavy atom. The standard InChI is InChI=1S/C12H16N4O2/c1-2-10-12(18)16(7-5-11(17)14-10)8-9-4-3-6-13-15-9/h3-4,6,10H,2,5,7-8H2,1H3,(H,14,17). The molecular formula is C12H16N4O2. The number of rotatable bonds is 3. The molecule has 2 amide bonds. The van der Waals surface area contributed by atoms with E-state index in [1.807, 2.05) is 13.0 Å². The van der Waals surface area contributed by atoms with Crippen LogP contribution in [0.2, 0.25) is 0 Å². The molecule has 96 valence electrons. The average molecular weight is 248 g/mol. The quantitative estimate of drug-likeness (QED) is 0.823. The lowest BCUT2D eigenvalue weighted by molar-refractivity contribution is -0.134. The number of hydrogen-bond donors (Lipinski definition) is 1. The summed E-state index contributed by atoms with van der Waals surface area (Å²) >= 11 is 0. The van der Waals surface area contributed by atoms with Crippen molar-refractivity contribution in [3.63, 3.8) is 0 Å². The van der Waals surface area contributed by atoms with E-state index in [2.05, 4.69) is 15.5 Å². The first-order chi connectivity index (χ1) is 8.70. The summed E-state index contributed by atoms with van der Waals surface area (Å²) in [4.78, 5) is 25.3. The van der Waals surface area contributed by atoms with Crippen LogP contribution in [0.1, 0.15) is 25.5 Å². The summed E-state index contributed by atoms with van der Waals surface area (Å²) in [5, 5.41) is 10.5. The molecule has 0 aromatic carbocycles. The summed E-state index contributed by atoms with van der Waals surface area (Å²) in [7, 11) is 0. The van der Waals surface area contributed by atoms with Crippen LogP contribution in [0.5, 0.6) is 0 Å². The second-order valence-corrected chi connectivity index (χ2v) is 4.25. The van der Waals surface area contributed by atoms with Crippen molar-refractivity contribution in [2.75, 3.05) is 6.54 Å². The van der Waals surface area contributed by atoms with Gasteiger partial charge < -0.3 is 10.2 Å². The Bertz CT molecular complexity index is 435. The summed E-state index contributed by atoms with van der Waals surface area (Å²) in [6, 6.07) is 3.18. The molecule has 2 heterocycles. The molecule has 1 aliphatic heterocycles. The zero-order valence-electron chi connectivity index (χ0n) is 10.3. The molecule has 2 rings (SSSR count). The molecule has 1 unspecified atom stereocenters. The Kier molecular flexibility index (Phi) is 3.86. The first kappa shape index (κ1) is 12.5. The Morgan fingerprint density at radius 3 is 3.00 bits per heavy atom. The number of carbonyl (C=O) groups is 2. The first-order valence-corrected chi connectivity index (χ1v) is 6.05. The van der Waals surface area contributed by atoms with Crippen LogP contribution in [-0.2, 0) is 16.1 Å². The Hall–Kier alpha value is -1.98. The summed E-state index contributed by atoms with van der Waals surface area (Å²) < 4.78 is 0. The van der Waals surface area contributed by atoms with Gasteiger partial charge in [0.1, 0.15) is 6.04 Å². The highest BCUT2D eigenvalue weighted by Gasteiger charge is 2.28. The van der Waals surface area contributed by atoms with Crippen LogP contribution < -0.4 is 5.32 Å². The van der Waals surface area contributed by atoms with E-state index in [9.17, 15) is 9.59 Å². The topological polar surface area (TPSA) is 75.2 Å². The van der Waals surface area contributed by atoms with Gasteiger partial charge in [0.15, 0.2) is 0 Å². The van der Waals surface area contributed by atoms with Crippen LogP contribution in [0, 0.1) is 0 Å². The number of carbonyl (C=O) groups excluding carboxylic acids is 2. The van der Waals surface area contributed by atoms with Crippen LogP contribution in [0.15, 0.2) is 18.3 Å². The van der Waals surface area contributed by atoms with Gasteiger partial charge in [-0.2, -0.15) is 10.2 Å². The molecule has 6 heteroatoms. The molecule has 1 saturated heterocycles. The minimum atomic E-state index is -0.420. The molecule has 0 saturated carbocycles. The van der Waals surface area contributed by atoms with E-state index in [0.717, 1.165) is 5.69 Å². The predicted octanol–water partition coefficient (Wildman–Crippen LogP) is 0.104. The zero-order chi connectivity index (χ0) is 13.0. The normalized spacial score (nSPS) is 20.5. The minimum Gasteiger partial charge on any atom is -0.344 e. The second kappa shape index (κ2) is 5.57. The summed E-state index contributed by atoms with van der Waals surface area (Å²) in [5.41, 5.74) is 0.732. The van der Waals surface area contributed by atoms with E-state index >= 15 is 0 Å².